The zero-order valence-corrected chi connectivity index (χ0v) is 10.4. The van der Waals surface area contributed by atoms with Crippen molar-refractivity contribution in [3.8, 4) is 0 Å². The molecule has 1 heterocycles. The summed E-state index contributed by atoms with van der Waals surface area (Å²) in [5.41, 5.74) is 7.15. The van der Waals surface area contributed by atoms with Gasteiger partial charge in [0.1, 0.15) is 5.82 Å². The molecule has 0 radical (unpaired) electrons. The number of nitrogens with zero attached hydrogens (tertiary/aromatic N) is 2. The van der Waals surface area contributed by atoms with Crippen molar-refractivity contribution >= 4 is 5.82 Å². The fraction of sp³-hybridized carbons (Fsp3) is 0.750. The molecule has 1 aromatic heterocycles. The van der Waals surface area contributed by atoms with Crippen molar-refractivity contribution in [1.29, 1.82) is 0 Å². The number of unbranched alkanes of at least 4 members (excludes halogenated alkanes) is 2. The maximum atomic E-state index is 6.07. The van der Waals surface area contributed by atoms with Gasteiger partial charge in [-0.25, -0.2) is 4.98 Å². The van der Waals surface area contributed by atoms with E-state index in [4.69, 9.17) is 5.73 Å². The zero-order valence-electron chi connectivity index (χ0n) is 10.4. The molecule has 0 aliphatic heterocycles. The Morgan fingerprint density at radius 3 is 2.47 bits per heavy atom. The normalized spacial score (nSPS) is 12.0. The molecule has 15 heavy (non-hydrogen) atoms. The van der Waals surface area contributed by atoms with E-state index < -0.39 is 0 Å². The number of hydrogen-bond acceptors (Lipinski definition) is 2. The van der Waals surface area contributed by atoms with Gasteiger partial charge >= 0.3 is 0 Å². The first kappa shape index (κ1) is 12.1. The summed E-state index contributed by atoms with van der Waals surface area (Å²) in [6, 6.07) is 0. The van der Waals surface area contributed by atoms with Crippen LogP contribution in [-0.4, -0.2) is 9.55 Å². The number of nitrogens with two attached hydrogens (primary N) is 1. The minimum Gasteiger partial charge on any atom is -0.384 e. The topological polar surface area (TPSA) is 43.8 Å². The molecular formula is C12H23N3. The van der Waals surface area contributed by atoms with Gasteiger partial charge in [-0.2, -0.15) is 0 Å². The molecule has 3 nitrogen and oxygen atoms in total. The van der Waals surface area contributed by atoms with Crippen LogP contribution in [0.4, 0.5) is 5.82 Å². The summed E-state index contributed by atoms with van der Waals surface area (Å²) in [4.78, 5) is 4.39. The molecule has 0 unspecified atom stereocenters. The fourth-order valence-electron chi connectivity index (χ4n) is 1.66. The van der Waals surface area contributed by atoms with Crippen LogP contribution in [0.5, 0.6) is 0 Å². The first-order chi connectivity index (χ1) is 6.96. The third-order valence-electron chi connectivity index (χ3n) is 2.62. The highest BCUT2D eigenvalue weighted by atomic mass is 15.2. The quantitative estimate of drug-likeness (QED) is 0.775. The molecule has 0 fully saturated rings. The number of anilines is 1. The van der Waals surface area contributed by atoms with Gasteiger partial charge in [0.05, 0.1) is 12.0 Å². The summed E-state index contributed by atoms with van der Waals surface area (Å²) >= 11 is 0. The Bertz CT molecular complexity index is 307. The van der Waals surface area contributed by atoms with E-state index in [0.717, 1.165) is 17.9 Å². The van der Waals surface area contributed by atoms with Gasteiger partial charge in [-0.15, -0.1) is 0 Å². The molecule has 1 aromatic rings. The Kier molecular flexibility index (Phi) is 3.77. The van der Waals surface area contributed by atoms with E-state index in [-0.39, 0.29) is 5.54 Å². The summed E-state index contributed by atoms with van der Waals surface area (Å²) in [6.07, 6.45) is 6.53. The molecule has 0 spiro atoms. The fourth-order valence-corrected chi connectivity index (χ4v) is 1.66. The largest absolute Gasteiger partial charge is 0.384 e. The summed E-state index contributed by atoms with van der Waals surface area (Å²) in [7, 11) is 0. The van der Waals surface area contributed by atoms with Gasteiger partial charge in [0.2, 0.25) is 0 Å². The highest BCUT2D eigenvalue weighted by Gasteiger charge is 2.17. The number of aryl methyl sites for hydroxylation is 1. The average molecular weight is 209 g/mol. The van der Waals surface area contributed by atoms with Crippen LogP contribution < -0.4 is 5.73 Å². The molecule has 0 saturated heterocycles. The Morgan fingerprint density at radius 2 is 2.00 bits per heavy atom. The first-order valence-corrected chi connectivity index (χ1v) is 5.79. The van der Waals surface area contributed by atoms with E-state index in [0.29, 0.717) is 0 Å². The minimum absolute atomic E-state index is 0.0279. The summed E-state index contributed by atoms with van der Waals surface area (Å²) in [6.45, 7) is 8.62. The number of hydrogen-bond donors (Lipinski definition) is 1. The highest BCUT2D eigenvalue weighted by molar-refractivity contribution is 5.37. The summed E-state index contributed by atoms with van der Waals surface area (Å²) in [5, 5.41) is 0. The Morgan fingerprint density at radius 1 is 1.33 bits per heavy atom. The van der Waals surface area contributed by atoms with Crippen LogP contribution in [0.2, 0.25) is 0 Å². The lowest BCUT2D eigenvalue weighted by molar-refractivity contribution is 0.402. The molecule has 0 aromatic carbocycles. The van der Waals surface area contributed by atoms with Crippen molar-refractivity contribution in [2.75, 3.05) is 5.73 Å². The second kappa shape index (κ2) is 4.69. The highest BCUT2D eigenvalue weighted by Crippen LogP contribution is 2.22. The molecule has 0 saturated carbocycles. The van der Waals surface area contributed by atoms with E-state index in [1.54, 1.807) is 0 Å². The van der Waals surface area contributed by atoms with Crippen LogP contribution in [-0.2, 0) is 12.0 Å². The molecule has 3 heteroatoms. The van der Waals surface area contributed by atoms with Crippen molar-refractivity contribution in [2.24, 2.45) is 0 Å². The van der Waals surface area contributed by atoms with E-state index >= 15 is 0 Å². The van der Waals surface area contributed by atoms with E-state index in [2.05, 4.69) is 32.7 Å². The van der Waals surface area contributed by atoms with Gasteiger partial charge in [-0.1, -0.05) is 19.8 Å². The predicted octanol–water partition coefficient (Wildman–Crippen LogP) is 2.95. The molecule has 2 N–H and O–H groups in total. The van der Waals surface area contributed by atoms with Crippen LogP contribution in [0.1, 0.15) is 52.7 Å². The predicted molar refractivity (Wildman–Crippen MR) is 64.9 cm³/mol. The molecule has 0 amide bonds. The minimum atomic E-state index is 0.0279. The lowest BCUT2D eigenvalue weighted by atomic mass is 10.1. The number of nitrogen functional groups attached to an aromatic ring is 1. The first-order valence-electron chi connectivity index (χ1n) is 5.79. The second-order valence-electron chi connectivity index (χ2n) is 5.07. The average Bonchev–Trinajstić information content (AvgIpc) is 2.47. The monoisotopic (exact) mass is 209 g/mol. The molecule has 86 valence electrons. The van der Waals surface area contributed by atoms with Crippen molar-refractivity contribution in [3.05, 3.63) is 12.0 Å². The maximum Gasteiger partial charge on any atom is 0.127 e. The number of imidazole rings is 1. The molecule has 0 atom stereocenters. The lowest BCUT2D eigenvalue weighted by Crippen LogP contribution is -2.22. The number of rotatable bonds is 4. The van der Waals surface area contributed by atoms with Crippen LogP contribution in [0.25, 0.3) is 0 Å². The van der Waals surface area contributed by atoms with Crippen molar-refractivity contribution in [3.63, 3.8) is 0 Å². The smallest absolute Gasteiger partial charge is 0.127 e. The van der Waals surface area contributed by atoms with Gasteiger partial charge in [0.15, 0.2) is 0 Å². The third kappa shape index (κ3) is 2.98. The molecule has 0 aliphatic carbocycles. The molecule has 1 rings (SSSR count). The van der Waals surface area contributed by atoms with Gasteiger partial charge < -0.3 is 10.3 Å². The Balaban J connectivity index is 2.72. The zero-order chi connectivity index (χ0) is 11.5. The van der Waals surface area contributed by atoms with Gasteiger partial charge in [0.25, 0.3) is 0 Å². The second-order valence-corrected chi connectivity index (χ2v) is 5.07. The van der Waals surface area contributed by atoms with E-state index in [1.165, 1.54) is 19.3 Å². The van der Waals surface area contributed by atoms with Crippen molar-refractivity contribution in [1.82, 2.24) is 9.55 Å². The lowest BCUT2D eigenvalue weighted by Gasteiger charge is -2.22. The van der Waals surface area contributed by atoms with Gasteiger partial charge in [-0.3, -0.25) is 0 Å². The van der Waals surface area contributed by atoms with Crippen LogP contribution in [0, 0.1) is 0 Å². The third-order valence-corrected chi connectivity index (χ3v) is 2.62. The summed E-state index contributed by atoms with van der Waals surface area (Å²) < 4.78 is 2.05. The maximum absolute atomic E-state index is 6.07. The van der Waals surface area contributed by atoms with E-state index in [9.17, 15) is 0 Å². The Labute approximate surface area is 92.7 Å². The Hall–Kier alpha value is -0.990. The van der Waals surface area contributed by atoms with Gasteiger partial charge in [-0.05, 0) is 33.6 Å². The standard InChI is InChI=1S/C12H23N3/c1-5-6-7-8-10-11(13)15(9-14-10)12(2,3)4/h9H,5-8,13H2,1-4H3. The van der Waals surface area contributed by atoms with Crippen LogP contribution in [0.15, 0.2) is 6.33 Å². The molecule has 0 aliphatic rings. The SMILES string of the molecule is CCCCCc1ncn(C(C)(C)C)c1N. The molecule has 0 bridgehead atoms. The van der Waals surface area contributed by atoms with Crippen molar-refractivity contribution in [2.45, 2.75) is 58.9 Å². The number of aromatic nitrogens is 2. The summed E-state index contributed by atoms with van der Waals surface area (Å²) in [5.74, 6) is 0.832. The van der Waals surface area contributed by atoms with Crippen molar-refractivity contribution < 1.29 is 0 Å². The van der Waals surface area contributed by atoms with Crippen LogP contribution >= 0.6 is 0 Å². The molecular weight excluding hydrogens is 186 g/mol. The van der Waals surface area contributed by atoms with E-state index in [1.807, 2.05) is 10.9 Å². The van der Waals surface area contributed by atoms with Gasteiger partial charge in [0, 0.05) is 5.54 Å². The van der Waals surface area contributed by atoms with Crippen LogP contribution in [0.3, 0.4) is 0 Å².